The fourth-order valence-corrected chi connectivity index (χ4v) is 1.70. The monoisotopic (exact) mass is 249 g/mol. The van der Waals surface area contributed by atoms with Crippen LogP contribution in [0.15, 0.2) is 30.3 Å². The van der Waals surface area contributed by atoms with Gasteiger partial charge in [0.25, 0.3) is 0 Å². The van der Waals surface area contributed by atoms with Gasteiger partial charge in [0.2, 0.25) is 5.91 Å². The molecule has 0 aliphatic rings. The molecule has 0 bridgehead atoms. The van der Waals surface area contributed by atoms with E-state index in [4.69, 9.17) is 5.73 Å². The fourth-order valence-electron chi connectivity index (χ4n) is 1.70. The van der Waals surface area contributed by atoms with Gasteiger partial charge < -0.3 is 16.0 Å². The quantitative estimate of drug-likeness (QED) is 0.737. The Kier molecular flexibility index (Phi) is 5.31. The van der Waals surface area contributed by atoms with Crippen molar-refractivity contribution in [3.63, 3.8) is 0 Å². The van der Waals surface area contributed by atoms with Gasteiger partial charge in [-0.1, -0.05) is 30.3 Å². The van der Waals surface area contributed by atoms with Crippen molar-refractivity contribution in [2.45, 2.75) is 18.9 Å². The molecule has 0 fully saturated rings. The van der Waals surface area contributed by atoms with E-state index in [1.807, 2.05) is 44.4 Å². The maximum absolute atomic E-state index is 12.1. The Balaban J connectivity index is 2.50. The molecule has 1 rings (SSSR count). The molecular formula is C14H23N3O. The molecule has 1 aromatic rings. The minimum atomic E-state index is -0.973. The van der Waals surface area contributed by atoms with Gasteiger partial charge in [0, 0.05) is 6.54 Å². The SMILES string of the molecule is CN(C)CCCNC(=O)C(C)(N)c1ccccc1. The van der Waals surface area contributed by atoms with Crippen molar-refractivity contribution in [1.82, 2.24) is 10.2 Å². The minimum Gasteiger partial charge on any atom is -0.354 e. The van der Waals surface area contributed by atoms with Gasteiger partial charge in [-0.15, -0.1) is 0 Å². The van der Waals surface area contributed by atoms with Gasteiger partial charge in [-0.25, -0.2) is 0 Å². The Morgan fingerprint density at radius 3 is 2.50 bits per heavy atom. The first kappa shape index (κ1) is 14.7. The molecule has 1 amide bonds. The normalized spacial score (nSPS) is 14.3. The zero-order valence-electron chi connectivity index (χ0n) is 11.4. The zero-order chi connectivity index (χ0) is 13.6. The van der Waals surface area contributed by atoms with Crippen molar-refractivity contribution in [1.29, 1.82) is 0 Å². The minimum absolute atomic E-state index is 0.132. The molecule has 4 heteroatoms. The summed E-state index contributed by atoms with van der Waals surface area (Å²) < 4.78 is 0. The summed E-state index contributed by atoms with van der Waals surface area (Å²) in [5.74, 6) is -0.132. The lowest BCUT2D eigenvalue weighted by molar-refractivity contribution is -0.126. The number of nitrogens with one attached hydrogen (secondary N) is 1. The van der Waals surface area contributed by atoms with Gasteiger partial charge in [0.15, 0.2) is 0 Å². The maximum atomic E-state index is 12.1. The summed E-state index contributed by atoms with van der Waals surface area (Å²) in [6.45, 7) is 3.34. The zero-order valence-corrected chi connectivity index (χ0v) is 11.4. The van der Waals surface area contributed by atoms with Crippen LogP contribution in [0.1, 0.15) is 18.9 Å². The van der Waals surface area contributed by atoms with Crippen LogP contribution < -0.4 is 11.1 Å². The number of amides is 1. The van der Waals surface area contributed by atoms with Crippen molar-refractivity contribution in [3.8, 4) is 0 Å². The van der Waals surface area contributed by atoms with Gasteiger partial charge in [0.05, 0.1) is 0 Å². The molecule has 1 atom stereocenters. The summed E-state index contributed by atoms with van der Waals surface area (Å²) in [4.78, 5) is 14.1. The highest BCUT2D eigenvalue weighted by atomic mass is 16.2. The van der Waals surface area contributed by atoms with E-state index >= 15 is 0 Å². The highest BCUT2D eigenvalue weighted by molar-refractivity contribution is 5.86. The predicted molar refractivity (Wildman–Crippen MR) is 74.2 cm³/mol. The summed E-state index contributed by atoms with van der Waals surface area (Å²) in [7, 11) is 4.03. The molecular weight excluding hydrogens is 226 g/mol. The Hall–Kier alpha value is -1.39. The van der Waals surface area contributed by atoms with Gasteiger partial charge in [-0.2, -0.15) is 0 Å². The molecule has 0 saturated carbocycles. The van der Waals surface area contributed by atoms with Crippen LogP contribution in [-0.2, 0) is 10.3 Å². The van der Waals surface area contributed by atoms with E-state index in [1.165, 1.54) is 0 Å². The van der Waals surface area contributed by atoms with Crippen LogP contribution in [0.3, 0.4) is 0 Å². The number of hydrogen-bond acceptors (Lipinski definition) is 3. The van der Waals surface area contributed by atoms with Gasteiger partial charge in [-0.05, 0) is 39.5 Å². The molecule has 1 unspecified atom stereocenters. The van der Waals surface area contributed by atoms with E-state index < -0.39 is 5.54 Å². The number of carbonyl (C=O) groups excluding carboxylic acids is 1. The van der Waals surface area contributed by atoms with E-state index in [0.29, 0.717) is 6.54 Å². The molecule has 0 aromatic heterocycles. The first-order valence-corrected chi connectivity index (χ1v) is 6.22. The number of nitrogens with two attached hydrogens (primary N) is 1. The van der Waals surface area contributed by atoms with Gasteiger partial charge in [-0.3, -0.25) is 4.79 Å². The Labute approximate surface area is 109 Å². The third kappa shape index (κ3) is 4.13. The molecule has 3 N–H and O–H groups in total. The van der Waals surface area contributed by atoms with Crippen LogP contribution >= 0.6 is 0 Å². The van der Waals surface area contributed by atoms with Crippen molar-refractivity contribution in [2.75, 3.05) is 27.2 Å². The average molecular weight is 249 g/mol. The van der Waals surface area contributed by atoms with E-state index in [0.717, 1.165) is 18.5 Å². The fraction of sp³-hybridized carbons (Fsp3) is 0.500. The number of carbonyl (C=O) groups is 1. The second kappa shape index (κ2) is 6.52. The highest BCUT2D eigenvalue weighted by Gasteiger charge is 2.29. The average Bonchev–Trinajstić information content (AvgIpc) is 2.35. The molecule has 0 aliphatic carbocycles. The van der Waals surface area contributed by atoms with Crippen LogP contribution in [0.4, 0.5) is 0 Å². The lowest BCUT2D eigenvalue weighted by atomic mass is 9.92. The molecule has 100 valence electrons. The van der Waals surface area contributed by atoms with Crippen molar-refractivity contribution < 1.29 is 4.79 Å². The van der Waals surface area contributed by atoms with E-state index in [9.17, 15) is 4.79 Å². The molecule has 0 spiro atoms. The third-order valence-corrected chi connectivity index (χ3v) is 2.91. The standard InChI is InChI=1S/C14H23N3O/c1-14(15,12-8-5-4-6-9-12)13(18)16-10-7-11-17(2)3/h4-6,8-9H,7,10-11,15H2,1-3H3,(H,16,18). The second-order valence-corrected chi connectivity index (χ2v) is 4.98. The number of hydrogen-bond donors (Lipinski definition) is 2. The third-order valence-electron chi connectivity index (χ3n) is 2.91. The van der Waals surface area contributed by atoms with E-state index in [2.05, 4.69) is 10.2 Å². The van der Waals surface area contributed by atoms with Gasteiger partial charge >= 0.3 is 0 Å². The van der Waals surface area contributed by atoms with Crippen molar-refractivity contribution >= 4 is 5.91 Å². The maximum Gasteiger partial charge on any atom is 0.244 e. The predicted octanol–water partition coefficient (Wildman–Crippen LogP) is 0.928. The van der Waals surface area contributed by atoms with Crippen LogP contribution in [0.5, 0.6) is 0 Å². The summed E-state index contributed by atoms with van der Waals surface area (Å²) in [5, 5.41) is 2.89. The molecule has 0 aliphatic heterocycles. The summed E-state index contributed by atoms with van der Waals surface area (Å²) in [6, 6.07) is 9.44. The lowest BCUT2D eigenvalue weighted by Gasteiger charge is -2.24. The van der Waals surface area contributed by atoms with Gasteiger partial charge in [0.1, 0.15) is 5.54 Å². The summed E-state index contributed by atoms with van der Waals surface area (Å²) in [6.07, 6.45) is 0.920. The molecule has 0 heterocycles. The number of rotatable bonds is 6. The van der Waals surface area contributed by atoms with Crippen LogP contribution in [0, 0.1) is 0 Å². The molecule has 0 saturated heterocycles. The topological polar surface area (TPSA) is 58.4 Å². The number of nitrogens with zero attached hydrogens (tertiary/aromatic N) is 1. The lowest BCUT2D eigenvalue weighted by Crippen LogP contribution is -2.49. The smallest absolute Gasteiger partial charge is 0.244 e. The van der Waals surface area contributed by atoms with Crippen LogP contribution in [0.25, 0.3) is 0 Å². The molecule has 0 radical (unpaired) electrons. The Morgan fingerprint density at radius 1 is 1.33 bits per heavy atom. The first-order chi connectivity index (χ1) is 8.44. The summed E-state index contributed by atoms with van der Waals surface area (Å²) in [5.41, 5.74) is 5.96. The second-order valence-electron chi connectivity index (χ2n) is 4.98. The molecule has 1 aromatic carbocycles. The summed E-state index contributed by atoms with van der Waals surface area (Å²) >= 11 is 0. The van der Waals surface area contributed by atoms with E-state index in [-0.39, 0.29) is 5.91 Å². The van der Waals surface area contributed by atoms with Crippen molar-refractivity contribution in [2.24, 2.45) is 5.73 Å². The van der Waals surface area contributed by atoms with E-state index in [1.54, 1.807) is 6.92 Å². The van der Waals surface area contributed by atoms with Crippen LogP contribution in [-0.4, -0.2) is 38.0 Å². The number of benzene rings is 1. The highest BCUT2D eigenvalue weighted by Crippen LogP contribution is 2.17. The largest absolute Gasteiger partial charge is 0.354 e. The first-order valence-electron chi connectivity index (χ1n) is 6.22. The van der Waals surface area contributed by atoms with Crippen LogP contribution in [0.2, 0.25) is 0 Å². The Morgan fingerprint density at radius 2 is 1.94 bits per heavy atom. The molecule has 18 heavy (non-hydrogen) atoms. The molecule has 4 nitrogen and oxygen atoms in total. The Bertz CT molecular complexity index is 374. The van der Waals surface area contributed by atoms with Crippen molar-refractivity contribution in [3.05, 3.63) is 35.9 Å².